The van der Waals surface area contributed by atoms with E-state index in [0.717, 1.165) is 12.8 Å². The first-order chi connectivity index (χ1) is 34.0. The van der Waals surface area contributed by atoms with E-state index in [4.69, 9.17) is 0 Å². The highest BCUT2D eigenvalue weighted by atomic mass is 32.1. The maximum Gasteiger partial charge on any atom is 0.264 e. The SMILES string of the molecule is CC(C)(C)c1ccc(N2c3cc(-n4c5c(c6ccccc64)CCCC5)cc4c3B(c3sc5ccc(C(C)(C)C)cc5c32)c2cccc3c5ccc6c7ccccc7n(-c7ccccc7)c6c5n-4c23)cc1. The lowest BCUT2D eigenvalue weighted by Gasteiger charge is -2.39. The van der Waals surface area contributed by atoms with Crippen LogP contribution >= 0.6 is 11.3 Å². The molecule has 0 amide bonds. The number of fused-ring (bicyclic) bond motifs is 16. The Morgan fingerprint density at radius 2 is 1.09 bits per heavy atom. The largest absolute Gasteiger partial charge is 0.313 e. The van der Waals surface area contributed by atoms with Gasteiger partial charge in [-0.05, 0) is 125 Å². The molecule has 4 nitrogen and oxygen atoms in total. The number of aryl methyl sites for hydroxylation is 1. The Kier molecular flexibility index (Phi) is 8.22. The molecule has 0 radical (unpaired) electrons. The smallest absolute Gasteiger partial charge is 0.264 e. The summed E-state index contributed by atoms with van der Waals surface area (Å²) in [5.74, 6) is 0. The highest BCUT2D eigenvalue weighted by molar-refractivity contribution is 7.33. The highest BCUT2D eigenvalue weighted by Gasteiger charge is 2.45. The number of thiophene rings is 1. The molecule has 0 fully saturated rings. The quantitative estimate of drug-likeness (QED) is 0.162. The van der Waals surface area contributed by atoms with Gasteiger partial charge in [-0.15, -0.1) is 11.3 Å². The molecule has 6 heterocycles. The molecule has 338 valence electrons. The summed E-state index contributed by atoms with van der Waals surface area (Å²) < 4.78 is 10.7. The first-order valence-corrected chi connectivity index (χ1v) is 26.2. The summed E-state index contributed by atoms with van der Waals surface area (Å²) in [4.78, 5) is 2.68. The molecular formula is C64H53BN4S. The molecule has 2 aliphatic heterocycles. The molecule has 0 saturated carbocycles. The normalized spacial score (nSPS) is 14.4. The minimum Gasteiger partial charge on any atom is -0.313 e. The molecule has 0 bridgehead atoms. The number of hydrogen-bond acceptors (Lipinski definition) is 2. The van der Waals surface area contributed by atoms with Gasteiger partial charge < -0.3 is 18.6 Å². The van der Waals surface area contributed by atoms with Crippen molar-refractivity contribution in [2.45, 2.75) is 78.1 Å². The van der Waals surface area contributed by atoms with E-state index in [1.807, 2.05) is 11.3 Å². The predicted molar refractivity (Wildman–Crippen MR) is 301 cm³/mol. The van der Waals surface area contributed by atoms with E-state index >= 15 is 0 Å². The monoisotopic (exact) mass is 920 g/mol. The molecule has 0 N–H and O–H groups in total. The summed E-state index contributed by atoms with van der Waals surface area (Å²) in [6.07, 6.45) is 4.63. The zero-order chi connectivity index (χ0) is 46.9. The van der Waals surface area contributed by atoms with Crippen LogP contribution in [0.15, 0.2) is 164 Å². The summed E-state index contributed by atoms with van der Waals surface area (Å²) >= 11 is 2.00. The van der Waals surface area contributed by atoms with Gasteiger partial charge in [0.25, 0.3) is 6.71 Å². The van der Waals surface area contributed by atoms with Crippen molar-refractivity contribution in [3.8, 4) is 17.1 Å². The summed E-state index contributed by atoms with van der Waals surface area (Å²) in [6.45, 7) is 14.0. The van der Waals surface area contributed by atoms with Crippen LogP contribution in [0.25, 0.3) is 81.7 Å². The van der Waals surface area contributed by atoms with Gasteiger partial charge >= 0.3 is 0 Å². The number of hydrogen-bond donors (Lipinski definition) is 0. The van der Waals surface area contributed by atoms with Crippen LogP contribution in [-0.4, -0.2) is 20.4 Å². The van der Waals surface area contributed by atoms with Gasteiger partial charge in [0, 0.05) is 81.4 Å². The zero-order valence-corrected chi connectivity index (χ0v) is 41.5. The summed E-state index contributed by atoms with van der Waals surface area (Å²) in [6, 6.07) is 63.2. The van der Waals surface area contributed by atoms with Gasteiger partial charge in [0.1, 0.15) is 0 Å². The molecule has 15 rings (SSSR count). The van der Waals surface area contributed by atoms with Crippen LogP contribution in [-0.2, 0) is 23.7 Å². The van der Waals surface area contributed by atoms with Crippen molar-refractivity contribution in [1.29, 1.82) is 0 Å². The molecule has 8 aromatic carbocycles. The van der Waals surface area contributed by atoms with E-state index in [2.05, 4.69) is 224 Å². The fraction of sp³-hybridized carbons (Fsp3) is 0.188. The molecule has 0 saturated heterocycles. The molecule has 1 aliphatic carbocycles. The van der Waals surface area contributed by atoms with Gasteiger partial charge in [0.05, 0.1) is 27.8 Å². The number of benzene rings is 8. The average molecular weight is 921 g/mol. The lowest BCUT2D eigenvalue weighted by Crippen LogP contribution is -2.59. The third-order valence-electron chi connectivity index (χ3n) is 16.3. The fourth-order valence-corrected chi connectivity index (χ4v) is 14.4. The van der Waals surface area contributed by atoms with Crippen molar-refractivity contribution in [2.24, 2.45) is 0 Å². The lowest BCUT2D eigenvalue weighted by atomic mass is 9.36. The van der Waals surface area contributed by atoms with Crippen LogP contribution in [0, 0.1) is 0 Å². The van der Waals surface area contributed by atoms with Crippen LogP contribution in [0.2, 0.25) is 0 Å². The van der Waals surface area contributed by atoms with Crippen molar-refractivity contribution in [1.82, 2.24) is 13.7 Å². The minimum absolute atomic E-state index is 0.00536. The van der Waals surface area contributed by atoms with Crippen molar-refractivity contribution < 1.29 is 0 Å². The summed E-state index contributed by atoms with van der Waals surface area (Å²) in [5.41, 5.74) is 22.3. The average Bonchev–Trinajstić information content (AvgIpc) is 4.12. The van der Waals surface area contributed by atoms with Crippen molar-refractivity contribution in [3.63, 3.8) is 0 Å². The topological polar surface area (TPSA) is 18.0 Å². The number of nitrogens with zero attached hydrogens (tertiary/aromatic N) is 4. The third kappa shape index (κ3) is 5.43. The second-order valence-corrected chi connectivity index (χ2v) is 23.4. The molecule has 70 heavy (non-hydrogen) atoms. The molecular weight excluding hydrogens is 868 g/mol. The number of anilines is 3. The standard InChI is InChI=1S/C64H53BN4S/c1-63(2,3)38-27-30-41(31-28-38)68-54-36-42(66-51-24-13-10-19-43(51)44-20-11-14-25-52(44)66)37-55-57(54)65(62-61(68)49-35-39(64(4,5)6)29-34-56(49)70-62)50-23-16-22-46-48-33-32-47-45-21-12-15-26-53(45)67(40-17-8-7-9-18-40)59(47)60(48)69(55)58(46)50/h7-10,12-13,15-19,21-24,26-37H,11,14,20,25H2,1-6H3. The highest BCUT2D eigenvalue weighted by Crippen LogP contribution is 2.50. The van der Waals surface area contributed by atoms with Crippen molar-refractivity contribution in [3.05, 3.63) is 186 Å². The van der Waals surface area contributed by atoms with E-state index in [0.29, 0.717) is 0 Å². The molecule has 0 unspecified atom stereocenters. The van der Waals surface area contributed by atoms with Gasteiger partial charge in [-0.25, -0.2) is 0 Å². The summed E-state index contributed by atoms with van der Waals surface area (Å²) in [7, 11) is 0. The number of aromatic nitrogens is 3. The van der Waals surface area contributed by atoms with E-state index in [1.165, 1.54) is 150 Å². The molecule has 6 heteroatoms. The van der Waals surface area contributed by atoms with E-state index in [1.54, 1.807) is 0 Å². The number of para-hydroxylation sites is 4. The second-order valence-electron chi connectivity index (χ2n) is 22.3. The molecule has 4 aromatic heterocycles. The van der Waals surface area contributed by atoms with E-state index in [-0.39, 0.29) is 17.5 Å². The zero-order valence-electron chi connectivity index (χ0n) is 40.7. The van der Waals surface area contributed by atoms with E-state index < -0.39 is 0 Å². The molecule has 0 spiro atoms. The number of rotatable bonds is 3. The van der Waals surface area contributed by atoms with Crippen molar-refractivity contribution in [2.75, 3.05) is 4.90 Å². The van der Waals surface area contributed by atoms with Gasteiger partial charge in [-0.2, -0.15) is 0 Å². The fourth-order valence-electron chi connectivity index (χ4n) is 13.1. The van der Waals surface area contributed by atoms with Crippen LogP contribution in [0.1, 0.15) is 76.8 Å². The Morgan fingerprint density at radius 3 is 1.86 bits per heavy atom. The maximum absolute atomic E-state index is 2.72. The molecule has 3 aliphatic rings. The van der Waals surface area contributed by atoms with Gasteiger partial charge in [-0.1, -0.05) is 145 Å². The van der Waals surface area contributed by atoms with Crippen LogP contribution in [0.4, 0.5) is 17.1 Å². The third-order valence-corrected chi connectivity index (χ3v) is 17.5. The van der Waals surface area contributed by atoms with Crippen LogP contribution < -0.4 is 20.6 Å². The van der Waals surface area contributed by atoms with Gasteiger partial charge in [0.2, 0.25) is 0 Å². The Hall–Kier alpha value is -7.28. The Bertz CT molecular complexity index is 4200. The van der Waals surface area contributed by atoms with E-state index in [9.17, 15) is 0 Å². The second kappa shape index (κ2) is 14.2. The first-order valence-electron chi connectivity index (χ1n) is 25.3. The maximum atomic E-state index is 2.72. The Balaban J connectivity index is 1.15. The minimum atomic E-state index is -0.00536. The van der Waals surface area contributed by atoms with Gasteiger partial charge in [0.15, 0.2) is 0 Å². The lowest BCUT2D eigenvalue weighted by molar-refractivity contribution is 0.590. The first kappa shape index (κ1) is 40.6. The molecule has 12 aromatic rings. The van der Waals surface area contributed by atoms with Crippen molar-refractivity contribution >= 4 is 115 Å². The van der Waals surface area contributed by atoms with Crippen LogP contribution in [0.3, 0.4) is 0 Å². The Labute approximate surface area is 413 Å². The van der Waals surface area contributed by atoms with Crippen LogP contribution in [0.5, 0.6) is 0 Å². The summed E-state index contributed by atoms with van der Waals surface area (Å²) in [5, 5.41) is 7.86. The van der Waals surface area contributed by atoms with Gasteiger partial charge in [-0.3, -0.25) is 0 Å². The Morgan fingerprint density at radius 1 is 0.457 bits per heavy atom. The predicted octanol–water partition coefficient (Wildman–Crippen LogP) is 15.1. The molecule has 0 atom stereocenters.